The number of halogens is 1. The van der Waals surface area contributed by atoms with E-state index in [4.69, 9.17) is 16.3 Å². The average molecular weight is 612 g/mol. The maximum absolute atomic E-state index is 14.1. The Labute approximate surface area is 253 Å². The molecule has 1 atom stereocenters. The molecule has 8 nitrogen and oxygen atoms in total. The van der Waals surface area contributed by atoms with Crippen molar-refractivity contribution in [3.8, 4) is 5.75 Å². The summed E-state index contributed by atoms with van der Waals surface area (Å²) in [7, 11) is -4.16. The highest BCUT2D eigenvalue weighted by atomic mass is 35.5. The molecule has 0 aliphatic heterocycles. The van der Waals surface area contributed by atoms with Gasteiger partial charge in [-0.05, 0) is 87.7 Å². The van der Waals surface area contributed by atoms with Gasteiger partial charge in [-0.3, -0.25) is 13.9 Å². The predicted octanol–water partition coefficient (Wildman–Crippen LogP) is 5.72. The summed E-state index contributed by atoms with van der Waals surface area (Å²) in [6.07, 6.45) is 3.93. The lowest BCUT2D eigenvalue weighted by Crippen LogP contribution is -2.52. The number of hydrogen-bond donors (Lipinski definition) is 1. The Morgan fingerprint density at radius 3 is 2.19 bits per heavy atom. The number of hydrogen-bond acceptors (Lipinski definition) is 5. The fourth-order valence-electron chi connectivity index (χ4n) is 5.00. The van der Waals surface area contributed by atoms with E-state index in [1.165, 1.54) is 17.0 Å². The van der Waals surface area contributed by atoms with Crippen LogP contribution in [0.1, 0.15) is 50.7 Å². The molecule has 1 aliphatic carbocycles. The lowest BCUT2D eigenvalue weighted by Gasteiger charge is -2.32. The predicted molar refractivity (Wildman–Crippen MR) is 165 cm³/mol. The summed E-state index contributed by atoms with van der Waals surface area (Å²) < 4.78 is 34.6. The second kappa shape index (κ2) is 14.1. The molecule has 0 radical (unpaired) electrons. The van der Waals surface area contributed by atoms with Gasteiger partial charge in [-0.15, -0.1) is 0 Å². The fourth-order valence-corrected chi connectivity index (χ4v) is 6.54. The SMILES string of the molecule is CCOc1ccc(S(=O)(=O)N(CC(=O)N(Cc2ccc(Cl)cc2)[C@H](C)C(=O)NC2CCCC2)c2ccc(C)cc2)cc1. The van der Waals surface area contributed by atoms with Gasteiger partial charge >= 0.3 is 0 Å². The molecule has 2 amide bonds. The molecule has 0 heterocycles. The molecule has 1 aliphatic rings. The van der Waals surface area contributed by atoms with Gasteiger partial charge in [0, 0.05) is 17.6 Å². The number of ether oxygens (including phenoxy) is 1. The number of anilines is 1. The number of carbonyl (C=O) groups excluding carboxylic acids is 2. The van der Waals surface area contributed by atoms with Crippen molar-refractivity contribution in [2.75, 3.05) is 17.5 Å². The molecule has 1 fully saturated rings. The largest absolute Gasteiger partial charge is 0.494 e. The zero-order valence-electron chi connectivity index (χ0n) is 24.3. The number of rotatable bonds is 12. The van der Waals surface area contributed by atoms with Crippen molar-refractivity contribution in [2.45, 2.75) is 70.0 Å². The van der Waals surface area contributed by atoms with Gasteiger partial charge in [0.15, 0.2) is 0 Å². The van der Waals surface area contributed by atoms with Gasteiger partial charge in [-0.25, -0.2) is 8.42 Å². The Balaban J connectivity index is 1.67. The lowest BCUT2D eigenvalue weighted by molar-refractivity contribution is -0.139. The minimum Gasteiger partial charge on any atom is -0.494 e. The molecule has 0 bridgehead atoms. The number of benzene rings is 3. The van der Waals surface area contributed by atoms with Crippen molar-refractivity contribution < 1.29 is 22.7 Å². The summed E-state index contributed by atoms with van der Waals surface area (Å²) in [5, 5.41) is 3.63. The smallest absolute Gasteiger partial charge is 0.264 e. The second-order valence-corrected chi connectivity index (χ2v) is 12.9. The molecule has 1 N–H and O–H groups in total. The van der Waals surface area contributed by atoms with Crippen LogP contribution in [0.5, 0.6) is 5.75 Å². The van der Waals surface area contributed by atoms with Crippen LogP contribution in [-0.2, 0) is 26.2 Å². The third kappa shape index (κ3) is 7.83. The summed E-state index contributed by atoms with van der Waals surface area (Å²) in [6.45, 7) is 5.49. The van der Waals surface area contributed by atoms with E-state index in [9.17, 15) is 18.0 Å². The fraction of sp³-hybridized carbons (Fsp3) is 0.375. The maximum Gasteiger partial charge on any atom is 0.264 e. The minimum absolute atomic E-state index is 0.0237. The number of nitrogens with zero attached hydrogens (tertiary/aromatic N) is 2. The zero-order valence-corrected chi connectivity index (χ0v) is 25.8. The van der Waals surface area contributed by atoms with Gasteiger partial charge in [0.05, 0.1) is 17.2 Å². The number of aryl methyl sites for hydroxylation is 1. The molecule has 4 rings (SSSR count). The van der Waals surface area contributed by atoms with Crippen LogP contribution in [0.25, 0.3) is 0 Å². The highest BCUT2D eigenvalue weighted by Crippen LogP contribution is 2.27. The van der Waals surface area contributed by atoms with Crippen LogP contribution < -0.4 is 14.4 Å². The van der Waals surface area contributed by atoms with Gasteiger partial charge in [-0.2, -0.15) is 0 Å². The van der Waals surface area contributed by atoms with Crippen LogP contribution in [-0.4, -0.2) is 50.4 Å². The number of sulfonamides is 1. The minimum atomic E-state index is -4.16. The van der Waals surface area contributed by atoms with E-state index in [0.29, 0.717) is 23.1 Å². The van der Waals surface area contributed by atoms with E-state index in [0.717, 1.165) is 41.1 Å². The topological polar surface area (TPSA) is 96.0 Å². The second-order valence-electron chi connectivity index (χ2n) is 10.6. The molecule has 0 unspecified atom stereocenters. The molecule has 10 heteroatoms. The van der Waals surface area contributed by atoms with Gasteiger partial charge in [0.1, 0.15) is 18.3 Å². The van der Waals surface area contributed by atoms with Crippen LogP contribution in [0.15, 0.2) is 77.7 Å². The van der Waals surface area contributed by atoms with Gasteiger partial charge in [-0.1, -0.05) is 54.3 Å². The first-order valence-corrected chi connectivity index (χ1v) is 16.1. The van der Waals surface area contributed by atoms with Crippen molar-refractivity contribution in [3.05, 3.63) is 88.9 Å². The van der Waals surface area contributed by atoms with E-state index in [1.807, 2.05) is 13.8 Å². The van der Waals surface area contributed by atoms with Crippen LogP contribution in [0, 0.1) is 6.92 Å². The Bertz CT molecular complexity index is 1460. The Kier molecular flexibility index (Phi) is 10.5. The normalized spacial score (nSPS) is 14.3. The Morgan fingerprint density at radius 2 is 1.60 bits per heavy atom. The summed E-state index contributed by atoms with van der Waals surface area (Å²) in [5.74, 6) is -0.222. The third-order valence-electron chi connectivity index (χ3n) is 7.46. The van der Waals surface area contributed by atoms with E-state index >= 15 is 0 Å². The summed E-state index contributed by atoms with van der Waals surface area (Å²) in [5.41, 5.74) is 2.06. The molecule has 0 saturated heterocycles. The Morgan fingerprint density at radius 1 is 0.976 bits per heavy atom. The molecule has 0 spiro atoms. The first-order valence-electron chi connectivity index (χ1n) is 14.2. The first-order chi connectivity index (χ1) is 20.1. The van der Waals surface area contributed by atoms with E-state index < -0.39 is 28.5 Å². The summed E-state index contributed by atoms with van der Waals surface area (Å²) in [6, 6.07) is 19.3. The number of amides is 2. The highest BCUT2D eigenvalue weighted by molar-refractivity contribution is 7.92. The maximum atomic E-state index is 14.1. The van der Waals surface area contributed by atoms with Crippen LogP contribution in [0.3, 0.4) is 0 Å². The van der Waals surface area contributed by atoms with Crippen molar-refractivity contribution in [2.24, 2.45) is 0 Å². The van der Waals surface area contributed by atoms with Crippen LogP contribution >= 0.6 is 11.6 Å². The lowest BCUT2D eigenvalue weighted by atomic mass is 10.1. The average Bonchev–Trinajstić information content (AvgIpc) is 3.49. The molecule has 224 valence electrons. The number of nitrogens with one attached hydrogen (secondary N) is 1. The third-order valence-corrected chi connectivity index (χ3v) is 9.50. The van der Waals surface area contributed by atoms with Crippen LogP contribution in [0.4, 0.5) is 5.69 Å². The summed E-state index contributed by atoms with van der Waals surface area (Å²) >= 11 is 6.08. The molecule has 3 aromatic rings. The molecule has 1 saturated carbocycles. The van der Waals surface area contributed by atoms with Crippen molar-refractivity contribution in [3.63, 3.8) is 0 Å². The molecular formula is C32H38ClN3O5S. The highest BCUT2D eigenvalue weighted by Gasteiger charge is 2.33. The molecule has 3 aromatic carbocycles. The quantitative estimate of drug-likeness (QED) is 0.283. The van der Waals surface area contributed by atoms with E-state index in [-0.39, 0.29) is 23.4 Å². The summed E-state index contributed by atoms with van der Waals surface area (Å²) in [4.78, 5) is 28.8. The van der Waals surface area contributed by atoms with E-state index in [2.05, 4.69) is 5.32 Å². The Hall–Kier alpha value is -3.56. The zero-order chi connectivity index (χ0) is 30.3. The monoisotopic (exact) mass is 611 g/mol. The van der Waals surface area contributed by atoms with Gasteiger partial charge in [0.25, 0.3) is 10.0 Å². The standard InChI is InChI=1S/C32H38ClN3O5S/c1-4-41-29-17-19-30(20-18-29)42(39,40)36(28-15-9-23(2)10-16-28)22-31(37)35(21-25-11-13-26(33)14-12-25)24(3)32(38)34-27-7-5-6-8-27/h9-20,24,27H,4-8,21-22H2,1-3H3,(H,34,38)/t24-/m1/s1. The van der Waals surface area contributed by atoms with Crippen molar-refractivity contribution in [1.29, 1.82) is 0 Å². The van der Waals surface area contributed by atoms with E-state index in [1.54, 1.807) is 67.6 Å². The van der Waals surface area contributed by atoms with Gasteiger partial charge in [0.2, 0.25) is 11.8 Å². The molecule has 42 heavy (non-hydrogen) atoms. The molecular weight excluding hydrogens is 574 g/mol. The molecule has 0 aromatic heterocycles. The first kappa shape index (κ1) is 31.4. The van der Waals surface area contributed by atoms with Crippen molar-refractivity contribution in [1.82, 2.24) is 10.2 Å². The van der Waals surface area contributed by atoms with Crippen LogP contribution in [0.2, 0.25) is 5.02 Å². The number of carbonyl (C=O) groups is 2. The van der Waals surface area contributed by atoms with Crippen molar-refractivity contribution >= 4 is 39.1 Å². The van der Waals surface area contributed by atoms with Gasteiger partial charge < -0.3 is 15.0 Å².